The average molecular weight is 184 g/mol. The van der Waals surface area contributed by atoms with Crippen LogP contribution in [0, 0.1) is 5.92 Å². The lowest BCUT2D eigenvalue weighted by atomic mass is 10.0. The number of hydrogen-bond donors (Lipinski definition) is 1. The molecule has 0 aromatic carbocycles. The van der Waals surface area contributed by atoms with Crippen LogP contribution in [-0.4, -0.2) is 38.0 Å². The molecule has 0 bridgehead atoms. The number of nitrogens with zero attached hydrogens (tertiary/aromatic N) is 1. The first-order chi connectivity index (χ1) is 6.20. The van der Waals surface area contributed by atoms with E-state index in [-0.39, 0.29) is 5.91 Å². The average Bonchev–Trinajstić information content (AvgIpc) is 2.56. The van der Waals surface area contributed by atoms with Crippen molar-refractivity contribution in [1.82, 2.24) is 10.2 Å². The number of hydrogen-bond acceptors (Lipinski definition) is 2. The van der Waals surface area contributed by atoms with Gasteiger partial charge in [-0.05, 0) is 38.3 Å². The second-order valence-corrected chi connectivity index (χ2v) is 4.04. The third kappa shape index (κ3) is 3.77. The number of nitrogens with one attached hydrogen (secondary N) is 1. The van der Waals surface area contributed by atoms with E-state index < -0.39 is 0 Å². The minimum atomic E-state index is 0.256. The molecular weight excluding hydrogens is 164 g/mol. The summed E-state index contributed by atoms with van der Waals surface area (Å²) in [6.07, 6.45) is 4.25. The predicted octanol–water partition coefficient (Wildman–Crippen LogP) is 0.854. The molecule has 0 aromatic rings. The van der Waals surface area contributed by atoms with Crippen molar-refractivity contribution < 1.29 is 4.79 Å². The van der Waals surface area contributed by atoms with Crippen molar-refractivity contribution in [3.05, 3.63) is 0 Å². The van der Waals surface area contributed by atoms with E-state index >= 15 is 0 Å². The molecule has 3 nitrogen and oxygen atoms in total. The Kier molecular flexibility index (Phi) is 4.22. The molecule has 1 atom stereocenters. The number of amides is 1. The summed E-state index contributed by atoms with van der Waals surface area (Å²) in [6.45, 7) is 2.31. The van der Waals surface area contributed by atoms with Crippen LogP contribution in [0.15, 0.2) is 0 Å². The van der Waals surface area contributed by atoms with Gasteiger partial charge in [0.05, 0.1) is 0 Å². The van der Waals surface area contributed by atoms with Gasteiger partial charge >= 0.3 is 0 Å². The highest BCUT2D eigenvalue weighted by Crippen LogP contribution is 2.15. The van der Waals surface area contributed by atoms with Gasteiger partial charge < -0.3 is 10.2 Å². The molecule has 0 aliphatic carbocycles. The Morgan fingerprint density at radius 1 is 1.54 bits per heavy atom. The fourth-order valence-electron chi connectivity index (χ4n) is 1.73. The van der Waals surface area contributed by atoms with Crippen molar-refractivity contribution >= 4 is 5.91 Å². The number of carbonyl (C=O) groups is 1. The molecule has 0 saturated carbocycles. The van der Waals surface area contributed by atoms with Crippen LogP contribution in [0.1, 0.15) is 25.7 Å². The Balaban J connectivity index is 2.03. The Hall–Kier alpha value is -0.570. The van der Waals surface area contributed by atoms with Gasteiger partial charge in [0.25, 0.3) is 0 Å². The van der Waals surface area contributed by atoms with Gasteiger partial charge in [-0.2, -0.15) is 0 Å². The van der Waals surface area contributed by atoms with E-state index in [0.717, 1.165) is 25.4 Å². The van der Waals surface area contributed by atoms with Crippen LogP contribution in [-0.2, 0) is 4.79 Å². The van der Waals surface area contributed by atoms with Gasteiger partial charge in [-0.1, -0.05) is 0 Å². The van der Waals surface area contributed by atoms with Crippen LogP contribution >= 0.6 is 0 Å². The molecule has 1 saturated heterocycles. The van der Waals surface area contributed by atoms with Gasteiger partial charge in [-0.15, -0.1) is 0 Å². The predicted molar refractivity (Wildman–Crippen MR) is 53.5 cm³/mol. The zero-order valence-electron chi connectivity index (χ0n) is 8.68. The van der Waals surface area contributed by atoms with Gasteiger partial charge in [0, 0.05) is 20.5 Å². The van der Waals surface area contributed by atoms with E-state index in [0.29, 0.717) is 6.42 Å². The monoisotopic (exact) mass is 184 g/mol. The normalized spacial score (nSPS) is 21.8. The zero-order valence-corrected chi connectivity index (χ0v) is 8.68. The largest absolute Gasteiger partial charge is 0.349 e. The maximum Gasteiger partial charge on any atom is 0.222 e. The maximum atomic E-state index is 11.2. The molecule has 1 aliphatic heterocycles. The smallest absolute Gasteiger partial charge is 0.222 e. The second-order valence-electron chi connectivity index (χ2n) is 4.04. The Morgan fingerprint density at radius 3 is 2.85 bits per heavy atom. The van der Waals surface area contributed by atoms with Crippen molar-refractivity contribution in [2.24, 2.45) is 5.92 Å². The van der Waals surface area contributed by atoms with E-state index in [1.165, 1.54) is 12.8 Å². The SMILES string of the molecule is CN(C)C(=O)CCCC1CCNC1. The van der Waals surface area contributed by atoms with E-state index in [1.807, 2.05) is 14.1 Å². The minimum absolute atomic E-state index is 0.256. The third-order valence-electron chi connectivity index (χ3n) is 2.66. The molecule has 0 radical (unpaired) electrons. The number of carbonyl (C=O) groups excluding carboxylic acids is 1. The molecule has 1 unspecified atom stereocenters. The van der Waals surface area contributed by atoms with Crippen LogP contribution in [0.25, 0.3) is 0 Å². The van der Waals surface area contributed by atoms with E-state index in [4.69, 9.17) is 0 Å². The Bertz CT molecular complexity index is 162. The van der Waals surface area contributed by atoms with Gasteiger partial charge in [0.15, 0.2) is 0 Å². The molecule has 76 valence electrons. The van der Waals surface area contributed by atoms with E-state index in [1.54, 1.807) is 4.90 Å². The van der Waals surface area contributed by atoms with Gasteiger partial charge in [0.2, 0.25) is 5.91 Å². The van der Waals surface area contributed by atoms with Crippen molar-refractivity contribution in [1.29, 1.82) is 0 Å². The van der Waals surface area contributed by atoms with E-state index in [9.17, 15) is 4.79 Å². The highest BCUT2D eigenvalue weighted by molar-refractivity contribution is 5.75. The molecule has 1 rings (SSSR count). The first kappa shape index (κ1) is 10.5. The lowest BCUT2D eigenvalue weighted by molar-refractivity contribution is -0.128. The first-order valence-electron chi connectivity index (χ1n) is 5.11. The summed E-state index contributed by atoms with van der Waals surface area (Å²) in [5.74, 6) is 1.07. The van der Waals surface area contributed by atoms with Gasteiger partial charge in [-0.3, -0.25) is 4.79 Å². The second kappa shape index (κ2) is 5.22. The topological polar surface area (TPSA) is 32.3 Å². The fourth-order valence-corrected chi connectivity index (χ4v) is 1.73. The van der Waals surface area contributed by atoms with Crippen molar-refractivity contribution in [3.63, 3.8) is 0 Å². The first-order valence-corrected chi connectivity index (χ1v) is 5.11. The molecule has 1 aliphatic rings. The molecular formula is C10H20N2O. The van der Waals surface area contributed by atoms with Gasteiger partial charge in [0.1, 0.15) is 0 Å². The van der Waals surface area contributed by atoms with Crippen LogP contribution in [0.4, 0.5) is 0 Å². The Morgan fingerprint density at radius 2 is 2.31 bits per heavy atom. The fraction of sp³-hybridized carbons (Fsp3) is 0.900. The molecule has 1 fully saturated rings. The summed E-state index contributed by atoms with van der Waals surface area (Å²) in [5.41, 5.74) is 0. The van der Waals surface area contributed by atoms with Crippen LogP contribution in [0.2, 0.25) is 0 Å². The molecule has 1 amide bonds. The molecule has 0 aromatic heterocycles. The molecule has 3 heteroatoms. The summed E-state index contributed by atoms with van der Waals surface area (Å²) in [7, 11) is 3.64. The number of rotatable bonds is 4. The highest BCUT2D eigenvalue weighted by atomic mass is 16.2. The van der Waals surface area contributed by atoms with Crippen molar-refractivity contribution in [3.8, 4) is 0 Å². The molecule has 1 heterocycles. The summed E-state index contributed by atoms with van der Waals surface area (Å²) in [4.78, 5) is 12.9. The minimum Gasteiger partial charge on any atom is -0.349 e. The van der Waals surface area contributed by atoms with Crippen molar-refractivity contribution in [2.75, 3.05) is 27.2 Å². The van der Waals surface area contributed by atoms with Crippen LogP contribution in [0.5, 0.6) is 0 Å². The molecule has 13 heavy (non-hydrogen) atoms. The van der Waals surface area contributed by atoms with Crippen LogP contribution in [0.3, 0.4) is 0 Å². The molecule has 0 spiro atoms. The lowest BCUT2D eigenvalue weighted by Gasteiger charge is -2.11. The van der Waals surface area contributed by atoms with Crippen LogP contribution < -0.4 is 5.32 Å². The highest BCUT2D eigenvalue weighted by Gasteiger charge is 2.14. The molecule has 1 N–H and O–H groups in total. The summed E-state index contributed by atoms with van der Waals surface area (Å²) in [5, 5.41) is 3.34. The van der Waals surface area contributed by atoms with Crippen molar-refractivity contribution in [2.45, 2.75) is 25.7 Å². The lowest BCUT2D eigenvalue weighted by Crippen LogP contribution is -2.21. The standard InChI is InChI=1S/C10H20N2O/c1-12(2)10(13)5-3-4-9-6-7-11-8-9/h9,11H,3-8H2,1-2H3. The Labute approximate surface area is 80.5 Å². The summed E-state index contributed by atoms with van der Waals surface area (Å²) >= 11 is 0. The van der Waals surface area contributed by atoms with Gasteiger partial charge in [-0.25, -0.2) is 0 Å². The quantitative estimate of drug-likeness (QED) is 0.702. The summed E-state index contributed by atoms with van der Waals surface area (Å²) < 4.78 is 0. The maximum absolute atomic E-state index is 11.2. The third-order valence-corrected chi connectivity index (χ3v) is 2.66. The van der Waals surface area contributed by atoms with E-state index in [2.05, 4.69) is 5.32 Å². The summed E-state index contributed by atoms with van der Waals surface area (Å²) in [6, 6.07) is 0. The zero-order chi connectivity index (χ0) is 9.68.